The lowest BCUT2D eigenvalue weighted by Crippen LogP contribution is -1.98. The second kappa shape index (κ2) is 4.93. The summed E-state index contributed by atoms with van der Waals surface area (Å²) in [6, 6.07) is 12.9. The summed E-state index contributed by atoms with van der Waals surface area (Å²) in [5.41, 5.74) is 1.04. The minimum absolute atomic E-state index is 0.0532. The molecule has 0 bridgehead atoms. The molecule has 0 unspecified atom stereocenters. The standard InChI is InChI=1S/C7H6N2.C5H5NO/c1-2-4-7-6(3-1)5-8-9-7;7-5-3-1-2-4-6-5/h1-5H,(H,8,9);1-4H,(H,6,7). The summed E-state index contributed by atoms with van der Waals surface area (Å²) in [6.07, 6.45) is 3.41. The Kier molecular flexibility index (Phi) is 3.13. The zero-order valence-electron chi connectivity index (χ0n) is 8.55. The second-order valence-corrected chi connectivity index (χ2v) is 3.18. The van der Waals surface area contributed by atoms with Crippen molar-refractivity contribution >= 4 is 10.9 Å². The Bertz CT molecular complexity index is 565. The lowest BCUT2D eigenvalue weighted by Gasteiger charge is -1.81. The lowest BCUT2D eigenvalue weighted by atomic mass is 10.3. The number of aromatic nitrogens is 3. The predicted molar refractivity (Wildman–Crippen MR) is 63.2 cm³/mol. The molecule has 80 valence electrons. The summed E-state index contributed by atoms with van der Waals surface area (Å²) < 4.78 is 0. The molecule has 0 amide bonds. The summed E-state index contributed by atoms with van der Waals surface area (Å²) in [4.78, 5) is 12.7. The fourth-order valence-corrected chi connectivity index (χ4v) is 1.26. The molecule has 1 aromatic carbocycles. The Labute approximate surface area is 92.0 Å². The van der Waals surface area contributed by atoms with Gasteiger partial charge in [0.05, 0.1) is 11.7 Å². The number of hydrogen-bond donors (Lipinski definition) is 2. The van der Waals surface area contributed by atoms with Gasteiger partial charge in [-0.15, -0.1) is 0 Å². The molecule has 2 N–H and O–H groups in total. The van der Waals surface area contributed by atoms with E-state index in [0.717, 1.165) is 10.9 Å². The van der Waals surface area contributed by atoms with Crippen LogP contribution in [0.4, 0.5) is 0 Å². The van der Waals surface area contributed by atoms with Gasteiger partial charge >= 0.3 is 0 Å². The SMILES string of the molecule is O=c1cccc[nH]1.c1ccc2[nH]ncc2c1. The van der Waals surface area contributed by atoms with Crippen LogP contribution in [0.1, 0.15) is 0 Å². The first-order valence-corrected chi connectivity index (χ1v) is 4.88. The summed E-state index contributed by atoms with van der Waals surface area (Å²) in [7, 11) is 0. The highest BCUT2D eigenvalue weighted by Gasteiger charge is 1.88. The second-order valence-electron chi connectivity index (χ2n) is 3.18. The molecule has 2 aromatic heterocycles. The topological polar surface area (TPSA) is 61.5 Å². The van der Waals surface area contributed by atoms with Crippen molar-refractivity contribution in [2.24, 2.45) is 0 Å². The Morgan fingerprint density at radius 2 is 1.81 bits per heavy atom. The normalized spacial score (nSPS) is 9.50. The van der Waals surface area contributed by atoms with E-state index in [-0.39, 0.29) is 5.56 Å². The summed E-state index contributed by atoms with van der Waals surface area (Å²) in [5, 5.41) is 7.91. The highest BCUT2D eigenvalue weighted by atomic mass is 16.1. The molecule has 4 nitrogen and oxygen atoms in total. The maximum atomic E-state index is 10.2. The molecule has 0 saturated heterocycles. The number of benzene rings is 1. The zero-order chi connectivity index (χ0) is 11.2. The Balaban J connectivity index is 0.000000125. The van der Waals surface area contributed by atoms with E-state index in [1.54, 1.807) is 18.3 Å². The van der Waals surface area contributed by atoms with E-state index in [1.807, 2.05) is 30.5 Å². The molecule has 0 aliphatic carbocycles. The number of aromatic amines is 2. The Hall–Kier alpha value is -2.36. The summed E-state index contributed by atoms with van der Waals surface area (Å²) in [5.74, 6) is 0. The van der Waals surface area contributed by atoms with Crippen LogP contribution in [0, 0.1) is 0 Å². The Morgan fingerprint density at radius 1 is 1.00 bits per heavy atom. The maximum absolute atomic E-state index is 10.2. The van der Waals surface area contributed by atoms with Crippen LogP contribution >= 0.6 is 0 Å². The number of nitrogens with zero attached hydrogens (tertiary/aromatic N) is 1. The number of rotatable bonds is 0. The first kappa shape index (κ1) is 10.2. The van der Waals surface area contributed by atoms with Gasteiger partial charge in [-0.25, -0.2) is 0 Å². The van der Waals surface area contributed by atoms with Crippen molar-refractivity contribution in [2.45, 2.75) is 0 Å². The minimum Gasteiger partial charge on any atom is -0.329 e. The third kappa shape index (κ3) is 2.57. The molecule has 0 aliphatic heterocycles. The summed E-state index contributed by atoms with van der Waals surface area (Å²) >= 11 is 0. The van der Waals surface area contributed by atoms with Gasteiger partial charge in [-0.3, -0.25) is 9.89 Å². The molecule has 0 saturated carbocycles. The number of hydrogen-bond acceptors (Lipinski definition) is 2. The monoisotopic (exact) mass is 213 g/mol. The van der Waals surface area contributed by atoms with Gasteiger partial charge in [0, 0.05) is 17.6 Å². The lowest BCUT2D eigenvalue weighted by molar-refractivity contribution is 1.12. The van der Waals surface area contributed by atoms with E-state index in [4.69, 9.17) is 0 Å². The van der Waals surface area contributed by atoms with Gasteiger partial charge in [-0.1, -0.05) is 24.3 Å². The molecular formula is C12H11N3O. The van der Waals surface area contributed by atoms with Crippen molar-refractivity contribution in [2.75, 3.05) is 0 Å². The fourth-order valence-electron chi connectivity index (χ4n) is 1.26. The average molecular weight is 213 g/mol. The van der Waals surface area contributed by atoms with Gasteiger partial charge in [-0.2, -0.15) is 5.10 Å². The van der Waals surface area contributed by atoms with Crippen LogP contribution in [0.25, 0.3) is 10.9 Å². The molecule has 0 fully saturated rings. The van der Waals surface area contributed by atoms with Crippen LogP contribution < -0.4 is 5.56 Å². The average Bonchev–Trinajstić information content (AvgIpc) is 2.79. The van der Waals surface area contributed by atoms with Crippen LogP contribution in [0.5, 0.6) is 0 Å². The van der Waals surface area contributed by atoms with Crippen molar-refractivity contribution in [3.05, 3.63) is 65.2 Å². The van der Waals surface area contributed by atoms with Gasteiger partial charge in [0.25, 0.3) is 0 Å². The van der Waals surface area contributed by atoms with Gasteiger partial charge in [0.2, 0.25) is 5.56 Å². The molecule has 0 spiro atoms. The van der Waals surface area contributed by atoms with Crippen molar-refractivity contribution < 1.29 is 0 Å². The molecule has 0 aliphatic rings. The van der Waals surface area contributed by atoms with E-state index in [1.165, 1.54) is 6.07 Å². The number of nitrogens with one attached hydrogen (secondary N) is 2. The van der Waals surface area contributed by atoms with Gasteiger partial charge < -0.3 is 4.98 Å². The molecule has 3 aromatic rings. The highest BCUT2D eigenvalue weighted by Crippen LogP contribution is 2.06. The maximum Gasteiger partial charge on any atom is 0.247 e. The van der Waals surface area contributed by atoms with Crippen LogP contribution in [0.15, 0.2) is 59.7 Å². The predicted octanol–water partition coefficient (Wildman–Crippen LogP) is 1.94. The highest BCUT2D eigenvalue weighted by molar-refractivity contribution is 5.77. The first-order chi connectivity index (χ1) is 7.86. The molecule has 16 heavy (non-hydrogen) atoms. The van der Waals surface area contributed by atoms with Gasteiger partial charge in [0.1, 0.15) is 0 Å². The van der Waals surface area contributed by atoms with Crippen molar-refractivity contribution in [3.8, 4) is 0 Å². The molecule has 3 rings (SSSR count). The number of pyridine rings is 1. The van der Waals surface area contributed by atoms with Crippen molar-refractivity contribution in [1.29, 1.82) is 0 Å². The van der Waals surface area contributed by atoms with Gasteiger partial charge in [0.15, 0.2) is 0 Å². The van der Waals surface area contributed by atoms with Crippen LogP contribution in [-0.4, -0.2) is 15.2 Å². The van der Waals surface area contributed by atoms with Crippen molar-refractivity contribution in [3.63, 3.8) is 0 Å². The van der Waals surface area contributed by atoms with E-state index in [9.17, 15) is 4.79 Å². The Morgan fingerprint density at radius 3 is 2.44 bits per heavy atom. The van der Waals surface area contributed by atoms with Crippen LogP contribution in [0.2, 0.25) is 0 Å². The van der Waals surface area contributed by atoms with E-state index < -0.39 is 0 Å². The number of para-hydroxylation sites is 1. The number of H-pyrrole nitrogens is 2. The number of fused-ring (bicyclic) bond motifs is 1. The van der Waals surface area contributed by atoms with Crippen LogP contribution in [0.3, 0.4) is 0 Å². The van der Waals surface area contributed by atoms with E-state index in [0.29, 0.717) is 0 Å². The minimum atomic E-state index is -0.0532. The summed E-state index contributed by atoms with van der Waals surface area (Å²) in [6.45, 7) is 0. The largest absolute Gasteiger partial charge is 0.329 e. The third-order valence-corrected chi connectivity index (χ3v) is 2.03. The quantitative estimate of drug-likeness (QED) is 0.599. The van der Waals surface area contributed by atoms with E-state index in [2.05, 4.69) is 15.2 Å². The molecule has 2 heterocycles. The van der Waals surface area contributed by atoms with Crippen LogP contribution in [-0.2, 0) is 0 Å². The van der Waals surface area contributed by atoms with Crippen molar-refractivity contribution in [1.82, 2.24) is 15.2 Å². The zero-order valence-corrected chi connectivity index (χ0v) is 8.55. The first-order valence-electron chi connectivity index (χ1n) is 4.88. The third-order valence-electron chi connectivity index (χ3n) is 2.03. The molecule has 4 heteroatoms. The van der Waals surface area contributed by atoms with E-state index >= 15 is 0 Å². The fraction of sp³-hybridized carbons (Fsp3) is 0. The molecular weight excluding hydrogens is 202 g/mol. The smallest absolute Gasteiger partial charge is 0.247 e. The molecule has 0 atom stereocenters. The van der Waals surface area contributed by atoms with Gasteiger partial charge in [-0.05, 0) is 12.1 Å². The molecule has 0 radical (unpaired) electrons.